The van der Waals surface area contributed by atoms with Gasteiger partial charge < -0.3 is 4.74 Å². The van der Waals surface area contributed by atoms with Crippen LogP contribution in [0.15, 0.2) is 46.9 Å². The fourth-order valence-electron chi connectivity index (χ4n) is 2.79. The van der Waals surface area contributed by atoms with Crippen molar-refractivity contribution in [3.05, 3.63) is 63.6 Å². The van der Waals surface area contributed by atoms with Crippen LogP contribution in [0.25, 0.3) is 0 Å². The third-order valence-corrected chi connectivity index (χ3v) is 4.88. The predicted octanol–water partition coefficient (Wildman–Crippen LogP) is 4.90. The maximum absolute atomic E-state index is 12.5. The van der Waals surface area contributed by atoms with Crippen molar-refractivity contribution in [1.82, 2.24) is 0 Å². The molecule has 1 heterocycles. The van der Waals surface area contributed by atoms with Gasteiger partial charge in [-0.25, -0.2) is 0 Å². The number of halogens is 1. The summed E-state index contributed by atoms with van der Waals surface area (Å²) >= 11 is 3.47. The summed E-state index contributed by atoms with van der Waals surface area (Å²) in [4.78, 5) is 12.5. The molecule has 1 unspecified atom stereocenters. The monoisotopic (exact) mass is 344 g/mol. The minimum atomic E-state index is 0.201. The van der Waals surface area contributed by atoms with Gasteiger partial charge in [-0.1, -0.05) is 40.2 Å². The average molecular weight is 345 g/mol. The summed E-state index contributed by atoms with van der Waals surface area (Å²) in [6.07, 6.45) is 1.44. The predicted molar refractivity (Wildman–Crippen MR) is 87.1 cm³/mol. The lowest BCUT2D eigenvalue weighted by atomic mass is 9.87. The van der Waals surface area contributed by atoms with E-state index in [9.17, 15) is 4.79 Å². The zero-order valence-corrected chi connectivity index (χ0v) is 13.5. The number of ether oxygens (including phenoxy) is 1. The van der Waals surface area contributed by atoms with Crippen LogP contribution in [0.3, 0.4) is 0 Å². The maximum atomic E-state index is 12.5. The summed E-state index contributed by atoms with van der Waals surface area (Å²) in [5.41, 5.74) is 3.04. The van der Waals surface area contributed by atoms with Crippen molar-refractivity contribution in [1.29, 1.82) is 0 Å². The first kappa shape index (κ1) is 14.3. The molecule has 3 rings (SSSR count). The number of carbonyl (C=O) groups is 1. The summed E-state index contributed by atoms with van der Waals surface area (Å²) in [7, 11) is 0. The Morgan fingerprint density at radius 3 is 2.90 bits per heavy atom. The summed E-state index contributed by atoms with van der Waals surface area (Å²) in [5.74, 6) is 1.38. The Kier molecular flexibility index (Phi) is 4.11. The van der Waals surface area contributed by atoms with E-state index in [4.69, 9.17) is 4.74 Å². The number of Topliss-reactive ketones (excluding diaryl/α,β-unsaturated/α-hetero) is 1. The average Bonchev–Trinajstić information content (AvgIpc) is 2.50. The molecule has 0 radical (unpaired) electrons. The minimum Gasteiger partial charge on any atom is -0.493 e. The molecule has 0 bridgehead atoms. The highest BCUT2D eigenvalue weighted by Crippen LogP contribution is 2.36. The fourth-order valence-corrected chi connectivity index (χ4v) is 3.03. The van der Waals surface area contributed by atoms with E-state index >= 15 is 0 Å². The van der Waals surface area contributed by atoms with Crippen molar-refractivity contribution in [3.63, 3.8) is 0 Å². The second-order valence-corrected chi connectivity index (χ2v) is 6.32. The molecule has 2 aromatic rings. The van der Waals surface area contributed by atoms with Crippen LogP contribution in [-0.4, -0.2) is 12.4 Å². The summed E-state index contributed by atoms with van der Waals surface area (Å²) in [6.45, 7) is 2.69. The Balaban J connectivity index is 1.81. The van der Waals surface area contributed by atoms with E-state index in [1.165, 1.54) is 0 Å². The number of hydrogen-bond donors (Lipinski definition) is 0. The first-order valence-corrected chi connectivity index (χ1v) is 7.95. The Labute approximate surface area is 133 Å². The van der Waals surface area contributed by atoms with E-state index in [2.05, 4.69) is 22.0 Å². The highest BCUT2D eigenvalue weighted by Gasteiger charge is 2.24. The topological polar surface area (TPSA) is 26.3 Å². The molecular weight excluding hydrogens is 328 g/mol. The standard InChI is InChI=1S/C18H17BrO2/c1-12-10-14(6-7-16(12)19)17(20)11-13-8-9-21-18-5-3-2-4-15(13)18/h2-7,10,13H,8-9,11H2,1H3. The van der Waals surface area contributed by atoms with Gasteiger partial charge in [0.1, 0.15) is 5.75 Å². The molecule has 21 heavy (non-hydrogen) atoms. The Bertz CT molecular complexity index is 679. The number of fused-ring (bicyclic) bond motifs is 1. The zero-order chi connectivity index (χ0) is 14.8. The van der Waals surface area contributed by atoms with Crippen LogP contribution in [0.2, 0.25) is 0 Å². The van der Waals surface area contributed by atoms with E-state index in [1.54, 1.807) is 0 Å². The number of rotatable bonds is 3. The van der Waals surface area contributed by atoms with Crippen LogP contribution >= 0.6 is 15.9 Å². The van der Waals surface area contributed by atoms with Gasteiger partial charge in [-0.2, -0.15) is 0 Å². The van der Waals surface area contributed by atoms with Gasteiger partial charge in [-0.05, 0) is 48.6 Å². The Morgan fingerprint density at radius 1 is 1.29 bits per heavy atom. The minimum absolute atomic E-state index is 0.201. The third kappa shape index (κ3) is 3.03. The van der Waals surface area contributed by atoms with Gasteiger partial charge in [0, 0.05) is 16.5 Å². The second kappa shape index (κ2) is 6.02. The molecule has 0 N–H and O–H groups in total. The van der Waals surface area contributed by atoms with Crippen LogP contribution in [0.5, 0.6) is 5.75 Å². The molecule has 3 heteroatoms. The number of aryl methyl sites for hydroxylation is 1. The van der Waals surface area contributed by atoms with Crippen molar-refractivity contribution >= 4 is 21.7 Å². The number of para-hydroxylation sites is 1. The largest absolute Gasteiger partial charge is 0.493 e. The quantitative estimate of drug-likeness (QED) is 0.740. The molecule has 1 aliphatic heterocycles. The Morgan fingerprint density at radius 2 is 2.10 bits per heavy atom. The van der Waals surface area contributed by atoms with Gasteiger partial charge in [0.2, 0.25) is 0 Å². The lowest BCUT2D eigenvalue weighted by Crippen LogP contribution is -2.17. The van der Waals surface area contributed by atoms with Crippen molar-refractivity contribution in [3.8, 4) is 5.75 Å². The lowest BCUT2D eigenvalue weighted by molar-refractivity contribution is 0.0966. The third-order valence-electron chi connectivity index (χ3n) is 3.99. The van der Waals surface area contributed by atoms with E-state index in [-0.39, 0.29) is 11.7 Å². The smallest absolute Gasteiger partial charge is 0.163 e. The molecule has 2 aromatic carbocycles. The van der Waals surface area contributed by atoms with Gasteiger partial charge in [-0.3, -0.25) is 4.79 Å². The van der Waals surface area contributed by atoms with Crippen molar-refractivity contribution < 1.29 is 9.53 Å². The zero-order valence-electron chi connectivity index (χ0n) is 11.9. The van der Waals surface area contributed by atoms with Gasteiger partial charge in [0.25, 0.3) is 0 Å². The van der Waals surface area contributed by atoms with Gasteiger partial charge in [0.05, 0.1) is 6.61 Å². The highest BCUT2D eigenvalue weighted by atomic mass is 79.9. The number of benzene rings is 2. The molecular formula is C18H17BrO2. The molecule has 1 atom stereocenters. The van der Waals surface area contributed by atoms with E-state index in [1.807, 2.05) is 43.3 Å². The molecule has 0 saturated carbocycles. The van der Waals surface area contributed by atoms with Gasteiger partial charge in [0.15, 0.2) is 5.78 Å². The number of ketones is 1. The molecule has 108 valence electrons. The fraction of sp³-hybridized carbons (Fsp3) is 0.278. The summed E-state index contributed by atoms with van der Waals surface area (Å²) in [5, 5.41) is 0. The summed E-state index contributed by atoms with van der Waals surface area (Å²) in [6, 6.07) is 13.8. The molecule has 0 fully saturated rings. The number of hydrogen-bond acceptors (Lipinski definition) is 2. The second-order valence-electron chi connectivity index (χ2n) is 5.46. The van der Waals surface area contributed by atoms with Crippen LogP contribution in [0.4, 0.5) is 0 Å². The number of carbonyl (C=O) groups excluding carboxylic acids is 1. The SMILES string of the molecule is Cc1cc(C(=O)CC2CCOc3ccccc32)ccc1Br. The molecule has 0 amide bonds. The molecule has 1 aliphatic rings. The highest BCUT2D eigenvalue weighted by molar-refractivity contribution is 9.10. The van der Waals surface area contributed by atoms with Crippen LogP contribution < -0.4 is 4.74 Å². The van der Waals surface area contributed by atoms with E-state index in [0.717, 1.165) is 33.3 Å². The lowest BCUT2D eigenvalue weighted by Gasteiger charge is -2.25. The van der Waals surface area contributed by atoms with Gasteiger partial charge >= 0.3 is 0 Å². The van der Waals surface area contributed by atoms with Crippen molar-refractivity contribution in [2.75, 3.05) is 6.61 Å². The Hall–Kier alpha value is -1.61. The normalized spacial score (nSPS) is 17.0. The van der Waals surface area contributed by atoms with Crippen molar-refractivity contribution in [2.45, 2.75) is 25.7 Å². The van der Waals surface area contributed by atoms with Crippen LogP contribution in [0.1, 0.15) is 40.2 Å². The van der Waals surface area contributed by atoms with Crippen LogP contribution in [-0.2, 0) is 0 Å². The molecule has 0 spiro atoms. The van der Waals surface area contributed by atoms with Gasteiger partial charge in [-0.15, -0.1) is 0 Å². The first-order valence-electron chi connectivity index (χ1n) is 7.16. The maximum Gasteiger partial charge on any atom is 0.163 e. The van der Waals surface area contributed by atoms with Crippen LogP contribution in [0, 0.1) is 6.92 Å². The summed E-state index contributed by atoms with van der Waals surface area (Å²) < 4.78 is 6.70. The molecule has 0 aliphatic carbocycles. The molecule has 2 nitrogen and oxygen atoms in total. The molecule has 0 saturated heterocycles. The van der Waals surface area contributed by atoms with E-state index in [0.29, 0.717) is 13.0 Å². The first-order chi connectivity index (χ1) is 10.1. The van der Waals surface area contributed by atoms with E-state index < -0.39 is 0 Å². The van der Waals surface area contributed by atoms with Crippen molar-refractivity contribution in [2.24, 2.45) is 0 Å². The molecule has 0 aromatic heterocycles.